The minimum atomic E-state index is -0.118. The first-order valence-corrected chi connectivity index (χ1v) is 10.00. The zero-order valence-corrected chi connectivity index (χ0v) is 16.1. The second kappa shape index (κ2) is 7.85. The molecule has 9 heteroatoms. The van der Waals surface area contributed by atoms with Crippen LogP contribution in [0.5, 0.6) is 0 Å². The van der Waals surface area contributed by atoms with Crippen molar-refractivity contribution in [2.45, 2.75) is 18.6 Å². The number of anilines is 1. The Balaban J connectivity index is 1.43. The number of carbonyl (C=O) groups is 1. The Hall–Kier alpha value is -2.78. The molecule has 7 nitrogen and oxygen atoms in total. The monoisotopic (exact) mass is 396 g/mol. The highest BCUT2D eigenvalue weighted by Gasteiger charge is 2.13. The number of carbonyl (C=O) groups excluding carboxylic acids is 1. The predicted molar refractivity (Wildman–Crippen MR) is 107 cm³/mol. The summed E-state index contributed by atoms with van der Waals surface area (Å²) < 4.78 is 10.4. The maximum Gasteiger partial charge on any atom is 0.234 e. The van der Waals surface area contributed by atoms with Crippen molar-refractivity contribution in [2.75, 3.05) is 11.1 Å². The summed E-state index contributed by atoms with van der Waals surface area (Å²) in [4.78, 5) is 12.4. The molecule has 0 fully saturated rings. The van der Waals surface area contributed by atoms with Crippen molar-refractivity contribution in [3.63, 3.8) is 0 Å². The smallest absolute Gasteiger partial charge is 0.234 e. The van der Waals surface area contributed by atoms with Gasteiger partial charge in [0.25, 0.3) is 0 Å². The highest BCUT2D eigenvalue weighted by Crippen LogP contribution is 2.23. The van der Waals surface area contributed by atoms with Gasteiger partial charge in [0.1, 0.15) is 16.9 Å². The van der Waals surface area contributed by atoms with Gasteiger partial charge in [-0.3, -0.25) is 4.79 Å². The van der Waals surface area contributed by atoms with Crippen molar-refractivity contribution in [2.24, 2.45) is 0 Å². The molecule has 136 valence electrons. The first kappa shape index (κ1) is 17.6. The Morgan fingerprint density at radius 1 is 1.11 bits per heavy atom. The number of thioether (sulfide) groups is 1. The lowest BCUT2D eigenvalue weighted by atomic mass is 10.2. The van der Waals surface area contributed by atoms with E-state index in [1.54, 1.807) is 0 Å². The summed E-state index contributed by atoms with van der Waals surface area (Å²) in [6.45, 7) is 2.59. The number of rotatable bonds is 6. The lowest BCUT2D eigenvalue weighted by Crippen LogP contribution is -2.15. The molecule has 27 heavy (non-hydrogen) atoms. The van der Waals surface area contributed by atoms with Crippen molar-refractivity contribution < 1.29 is 4.79 Å². The fourth-order valence-corrected chi connectivity index (χ4v) is 3.97. The van der Waals surface area contributed by atoms with Crippen molar-refractivity contribution >= 4 is 46.1 Å². The molecule has 2 aromatic carbocycles. The van der Waals surface area contributed by atoms with Gasteiger partial charge in [0.2, 0.25) is 5.91 Å². The van der Waals surface area contributed by atoms with Crippen LogP contribution in [0.1, 0.15) is 11.4 Å². The van der Waals surface area contributed by atoms with Crippen LogP contribution in [-0.2, 0) is 11.3 Å². The van der Waals surface area contributed by atoms with Gasteiger partial charge in [-0.15, -0.1) is 10.2 Å². The lowest BCUT2D eigenvalue weighted by molar-refractivity contribution is -0.113. The molecule has 0 aliphatic heterocycles. The number of nitrogens with zero attached hydrogens (tertiary/aromatic N) is 5. The molecule has 0 radical (unpaired) electrons. The first-order chi connectivity index (χ1) is 13.2. The number of amides is 1. The number of benzene rings is 2. The number of aromatic nitrogens is 5. The highest BCUT2D eigenvalue weighted by atomic mass is 32.2. The van der Waals surface area contributed by atoms with Crippen molar-refractivity contribution in [3.8, 4) is 0 Å². The van der Waals surface area contributed by atoms with E-state index in [1.165, 1.54) is 11.8 Å². The van der Waals surface area contributed by atoms with E-state index >= 15 is 0 Å². The van der Waals surface area contributed by atoms with E-state index in [0.717, 1.165) is 33.8 Å². The quantitative estimate of drug-likeness (QED) is 0.503. The Kier molecular flexibility index (Phi) is 5.12. The van der Waals surface area contributed by atoms with Crippen molar-refractivity contribution in [3.05, 3.63) is 59.9 Å². The predicted octanol–water partition coefficient (Wildman–Crippen LogP) is 3.37. The van der Waals surface area contributed by atoms with E-state index in [4.69, 9.17) is 0 Å². The van der Waals surface area contributed by atoms with E-state index in [0.29, 0.717) is 17.7 Å². The molecule has 0 saturated heterocycles. The second-order valence-electron chi connectivity index (χ2n) is 5.88. The second-order valence-corrected chi connectivity index (χ2v) is 7.35. The van der Waals surface area contributed by atoms with Gasteiger partial charge in [-0.2, -0.15) is 8.75 Å². The average molecular weight is 397 g/mol. The Morgan fingerprint density at radius 2 is 1.96 bits per heavy atom. The molecule has 1 N–H and O–H groups in total. The normalized spacial score (nSPS) is 11.0. The van der Waals surface area contributed by atoms with Crippen LogP contribution in [0.15, 0.2) is 53.7 Å². The highest BCUT2D eigenvalue weighted by molar-refractivity contribution is 7.99. The van der Waals surface area contributed by atoms with Crippen LogP contribution in [0.2, 0.25) is 0 Å². The van der Waals surface area contributed by atoms with Crippen LogP contribution in [0, 0.1) is 6.92 Å². The molecular weight excluding hydrogens is 380 g/mol. The molecule has 2 heterocycles. The number of aryl methyl sites for hydroxylation is 1. The van der Waals surface area contributed by atoms with Gasteiger partial charge < -0.3 is 9.88 Å². The van der Waals surface area contributed by atoms with E-state index in [2.05, 4.69) is 36.4 Å². The third-order valence-electron chi connectivity index (χ3n) is 3.98. The third kappa shape index (κ3) is 3.99. The number of nitrogens with one attached hydrogen (secondary N) is 1. The van der Waals surface area contributed by atoms with Gasteiger partial charge in [0, 0.05) is 0 Å². The topological polar surface area (TPSA) is 85.6 Å². The van der Waals surface area contributed by atoms with Gasteiger partial charge in [-0.1, -0.05) is 48.2 Å². The minimum Gasteiger partial charge on any atom is -0.323 e. The Labute approximate surface area is 164 Å². The molecular formula is C18H16N6OS2. The summed E-state index contributed by atoms with van der Waals surface area (Å²) in [5.41, 5.74) is 3.33. The Morgan fingerprint density at radius 3 is 2.81 bits per heavy atom. The molecule has 4 rings (SSSR count). The van der Waals surface area contributed by atoms with Crippen LogP contribution < -0.4 is 5.32 Å². The number of fused-ring (bicyclic) bond motifs is 1. The summed E-state index contributed by atoms with van der Waals surface area (Å²) in [5, 5.41) is 12.0. The first-order valence-electron chi connectivity index (χ1n) is 8.28. The summed E-state index contributed by atoms with van der Waals surface area (Å²) >= 11 is 2.50. The van der Waals surface area contributed by atoms with E-state index in [-0.39, 0.29) is 11.7 Å². The van der Waals surface area contributed by atoms with Crippen LogP contribution in [-0.4, -0.2) is 35.2 Å². The standard InChI is InChI=1S/C18H16N6OS2/c1-12-20-21-18(24(12)10-13-6-3-2-4-7-13)26-11-16(25)19-14-8-5-9-15-17(14)23-27-22-15/h2-9H,10-11H2,1H3,(H,19,25). The average Bonchev–Trinajstić information content (AvgIpc) is 3.29. The molecule has 0 aliphatic carbocycles. The zero-order valence-electron chi connectivity index (χ0n) is 14.5. The van der Waals surface area contributed by atoms with Gasteiger partial charge >= 0.3 is 0 Å². The largest absolute Gasteiger partial charge is 0.323 e. The summed E-state index contributed by atoms with van der Waals surface area (Å²) in [5.74, 6) is 0.938. The van der Waals surface area contributed by atoms with Gasteiger partial charge in [-0.05, 0) is 24.6 Å². The molecule has 2 aromatic heterocycles. The third-order valence-corrected chi connectivity index (χ3v) is 5.49. The van der Waals surface area contributed by atoms with Crippen LogP contribution in [0.3, 0.4) is 0 Å². The fourth-order valence-electron chi connectivity index (χ4n) is 2.64. The summed E-state index contributed by atoms with van der Waals surface area (Å²) in [7, 11) is 0. The molecule has 0 spiro atoms. The van der Waals surface area contributed by atoms with E-state index < -0.39 is 0 Å². The summed E-state index contributed by atoms with van der Waals surface area (Å²) in [6, 6.07) is 15.7. The fraction of sp³-hybridized carbons (Fsp3) is 0.167. The van der Waals surface area contributed by atoms with Gasteiger partial charge in [0.05, 0.1) is 29.7 Å². The SMILES string of the molecule is Cc1nnc(SCC(=O)Nc2cccc3nsnc23)n1Cc1ccccc1. The molecule has 1 amide bonds. The van der Waals surface area contributed by atoms with E-state index in [9.17, 15) is 4.79 Å². The van der Waals surface area contributed by atoms with Crippen molar-refractivity contribution in [1.82, 2.24) is 23.5 Å². The van der Waals surface area contributed by atoms with Crippen LogP contribution in [0.4, 0.5) is 5.69 Å². The molecule has 0 unspecified atom stereocenters. The summed E-state index contributed by atoms with van der Waals surface area (Å²) in [6.07, 6.45) is 0. The molecule has 0 aliphatic rings. The maximum atomic E-state index is 12.4. The lowest BCUT2D eigenvalue weighted by Gasteiger charge is -2.09. The van der Waals surface area contributed by atoms with Gasteiger partial charge in [-0.25, -0.2) is 0 Å². The molecule has 0 atom stereocenters. The maximum absolute atomic E-state index is 12.4. The van der Waals surface area contributed by atoms with Crippen LogP contribution in [0.25, 0.3) is 11.0 Å². The number of hydrogen-bond acceptors (Lipinski definition) is 7. The van der Waals surface area contributed by atoms with Crippen molar-refractivity contribution in [1.29, 1.82) is 0 Å². The molecule has 0 bridgehead atoms. The number of hydrogen-bond donors (Lipinski definition) is 1. The van der Waals surface area contributed by atoms with Crippen LogP contribution >= 0.6 is 23.5 Å². The minimum absolute atomic E-state index is 0.118. The Bertz CT molecular complexity index is 1080. The van der Waals surface area contributed by atoms with Gasteiger partial charge in [0.15, 0.2) is 5.16 Å². The molecule has 0 saturated carbocycles. The van der Waals surface area contributed by atoms with E-state index in [1.807, 2.05) is 47.9 Å². The molecule has 4 aromatic rings. The zero-order chi connectivity index (χ0) is 18.6.